The van der Waals surface area contributed by atoms with Gasteiger partial charge in [-0.3, -0.25) is 14.7 Å². The Morgan fingerprint density at radius 3 is 2.52 bits per heavy atom. The maximum atomic E-state index is 13.8. The molecule has 224 valence electrons. The smallest absolute Gasteiger partial charge is 0.416 e. The van der Waals surface area contributed by atoms with E-state index in [2.05, 4.69) is 44.2 Å². The fourth-order valence-corrected chi connectivity index (χ4v) is 5.41. The third kappa shape index (κ3) is 7.11. The van der Waals surface area contributed by atoms with Crippen molar-refractivity contribution >= 4 is 23.2 Å². The average Bonchev–Trinajstić information content (AvgIpc) is 2.96. The van der Waals surface area contributed by atoms with Crippen molar-refractivity contribution in [2.75, 3.05) is 55.3 Å². The molecule has 0 aliphatic carbocycles. The monoisotopic (exact) mass is 583 g/mol. The number of carbonyl (C=O) groups is 1. The Morgan fingerprint density at radius 2 is 1.81 bits per heavy atom. The van der Waals surface area contributed by atoms with Crippen LogP contribution in [0.2, 0.25) is 0 Å². The Kier molecular flexibility index (Phi) is 8.83. The zero-order valence-corrected chi connectivity index (χ0v) is 24.0. The number of fused-ring (bicyclic) bond motifs is 1. The number of carbonyl (C=O) groups excluding carboxylic acids is 1. The van der Waals surface area contributed by atoms with Crippen LogP contribution in [0, 0.1) is 0 Å². The van der Waals surface area contributed by atoms with Gasteiger partial charge in [0.2, 0.25) is 5.88 Å². The van der Waals surface area contributed by atoms with Gasteiger partial charge < -0.3 is 15.4 Å². The Bertz CT molecular complexity index is 1410. The van der Waals surface area contributed by atoms with Crippen molar-refractivity contribution in [3.63, 3.8) is 0 Å². The molecule has 0 radical (unpaired) electrons. The number of nitrogens with one attached hydrogen (secondary N) is 2. The number of hydrogen-bond acceptors (Lipinski definition) is 7. The highest BCUT2D eigenvalue weighted by atomic mass is 19.4. The number of anilines is 3. The number of amides is 2. The number of nitrogens with zero attached hydrogens (tertiary/aromatic N) is 5. The lowest BCUT2D eigenvalue weighted by molar-refractivity contribution is -0.137. The molecule has 1 saturated heterocycles. The van der Waals surface area contributed by atoms with Crippen LogP contribution in [-0.2, 0) is 19.1 Å². The van der Waals surface area contributed by atoms with Gasteiger partial charge in [-0.1, -0.05) is 0 Å². The second-order valence-electron chi connectivity index (χ2n) is 10.9. The Morgan fingerprint density at radius 1 is 1.02 bits per heavy atom. The molecule has 0 atom stereocenters. The maximum absolute atomic E-state index is 13.8. The molecular weight excluding hydrogens is 547 g/mol. The second kappa shape index (κ2) is 12.5. The molecule has 2 aliphatic heterocycles. The number of alkyl halides is 3. The lowest BCUT2D eigenvalue weighted by Gasteiger charge is -2.37. The van der Waals surface area contributed by atoms with Crippen LogP contribution < -0.4 is 20.3 Å². The highest BCUT2D eigenvalue weighted by molar-refractivity contribution is 6.02. The average molecular weight is 584 g/mol. The number of aryl methyl sites for hydroxylation is 1. The van der Waals surface area contributed by atoms with Gasteiger partial charge in [-0.05, 0) is 74.2 Å². The molecule has 42 heavy (non-hydrogen) atoms. The lowest BCUT2D eigenvalue weighted by Crippen LogP contribution is -2.48. The topological polar surface area (TPSA) is 85.9 Å². The summed E-state index contributed by atoms with van der Waals surface area (Å²) in [7, 11) is 1.75. The molecule has 0 saturated carbocycles. The summed E-state index contributed by atoms with van der Waals surface area (Å²) in [5, 5.41) is 5.67. The first kappa shape index (κ1) is 29.6. The van der Waals surface area contributed by atoms with Crippen LogP contribution in [0.4, 0.5) is 35.2 Å². The molecule has 0 bridgehead atoms. The van der Waals surface area contributed by atoms with Crippen molar-refractivity contribution in [2.45, 2.75) is 45.5 Å². The van der Waals surface area contributed by atoms with Gasteiger partial charge in [-0.25, -0.2) is 14.8 Å². The van der Waals surface area contributed by atoms with Crippen molar-refractivity contribution < 1.29 is 22.7 Å². The van der Waals surface area contributed by atoms with Crippen LogP contribution in [0.25, 0.3) is 0 Å². The first-order valence-corrected chi connectivity index (χ1v) is 14.2. The van der Waals surface area contributed by atoms with Crippen LogP contribution in [-0.4, -0.2) is 71.6 Å². The van der Waals surface area contributed by atoms with E-state index in [9.17, 15) is 18.0 Å². The molecule has 1 aromatic heterocycles. The third-order valence-corrected chi connectivity index (χ3v) is 7.65. The highest BCUT2D eigenvalue weighted by Crippen LogP contribution is 2.35. The summed E-state index contributed by atoms with van der Waals surface area (Å²) in [5.41, 5.74) is 1.47. The number of piperazine rings is 1. The van der Waals surface area contributed by atoms with Crippen molar-refractivity contribution in [1.82, 2.24) is 19.8 Å². The Labute approximate surface area is 243 Å². The standard InChI is InChI=1S/C30H36F3N7O2/c1-20(2)39-11-9-38(10-12-39)18-21-13-23(30(31,32)33)16-24(14-21)37-29(41)40-8-4-5-22-15-25(6-7-26(22)40)42-28-17-27(34-3)35-19-36-28/h6-7,13-17,19-20H,4-5,8-12,18H2,1-3H3,(H,37,41)(H,34,35,36). The van der Waals surface area contributed by atoms with E-state index in [1.165, 1.54) is 12.4 Å². The second-order valence-corrected chi connectivity index (χ2v) is 10.9. The van der Waals surface area contributed by atoms with Gasteiger partial charge in [0.15, 0.2) is 0 Å². The number of urea groups is 1. The quantitative estimate of drug-likeness (QED) is 0.362. The number of ether oxygens (including phenoxy) is 1. The molecule has 5 rings (SSSR count). The number of halogens is 3. The lowest BCUT2D eigenvalue weighted by atomic mass is 10.0. The fourth-order valence-electron chi connectivity index (χ4n) is 5.41. The summed E-state index contributed by atoms with van der Waals surface area (Å²) in [4.78, 5) is 27.7. The predicted molar refractivity (Wildman–Crippen MR) is 156 cm³/mol. The van der Waals surface area contributed by atoms with E-state index in [4.69, 9.17) is 4.74 Å². The van der Waals surface area contributed by atoms with E-state index in [-0.39, 0.29) is 5.69 Å². The van der Waals surface area contributed by atoms with E-state index in [0.717, 1.165) is 44.2 Å². The number of aromatic nitrogens is 2. The number of benzene rings is 2. The van der Waals surface area contributed by atoms with Gasteiger partial charge >= 0.3 is 12.2 Å². The maximum Gasteiger partial charge on any atom is 0.416 e. The molecule has 2 aromatic carbocycles. The molecule has 1 fully saturated rings. The molecular formula is C30H36F3N7O2. The van der Waals surface area contributed by atoms with Gasteiger partial charge in [-0.2, -0.15) is 13.2 Å². The summed E-state index contributed by atoms with van der Waals surface area (Å²) >= 11 is 0. The van der Waals surface area contributed by atoms with Crippen molar-refractivity contribution in [3.05, 3.63) is 65.5 Å². The van der Waals surface area contributed by atoms with E-state index in [1.807, 2.05) is 6.07 Å². The van der Waals surface area contributed by atoms with Gasteiger partial charge in [-0.15, -0.1) is 0 Å². The number of hydrogen-bond donors (Lipinski definition) is 2. The van der Waals surface area contributed by atoms with Crippen molar-refractivity contribution in [3.8, 4) is 11.6 Å². The number of rotatable bonds is 7. The molecule has 2 N–H and O–H groups in total. The summed E-state index contributed by atoms with van der Waals surface area (Å²) in [6, 6.07) is 10.9. The minimum Gasteiger partial charge on any atom is -0.439 e. The van der Waals surface area contributed by atoms with Gasteiger partial charge in [0.05, 0.1) is 5.56 Å². The molecule has 12 heteroatoms. The Hall–Kier alpha value is -3.90. The van der Waals surface area contributed by atoms with Crippen LogP contribution in [0.15, 0.2) is 48.8 Å². The molecule has 0 spiro atoms. The normalized spacial score (nSPS) is 16.3. The van der Waals surface area contributed by atoms with Crippen LogP contribution >= 0.6 is 0 Å². The zero-order valence-electron chi connectivity index (χ0n) is 24.0. The first-order valence-electron chi connectivity index (χ1n) is 14.2. The SMILES string of the molecule is CNc1cc(Oc2ccc3c(c2)CCCN3C(=O)Nc2cc(CN3CCN(C(C)C)CC3)cc(C(F)(F)F)c2)ncn1. The summed E-state index contributed by atoms with van der Waals surface area (Å²) in [6.45, 7) is 8.42. The largest absolute Gasteiger partial charge is 0.439 e. The Balaban J connectivity index is 1.31. The van der Waals surface area contributed by atoms with Crippen molar-refractivity contribution in [2.24, 2.45) is 0 Å². The van der Waals surface area contributed by atoms with Crippen LogP contribution in [0.3, 0.4) is 0 Å². The van der Waals surface area contributed by atoms with E-state index in [1.54, 1.807) is 36.2 Å². The van der Waals surface area contributed by atoms with Gasteiger partial charge in [0.25, 0.3) is 0 Å². The van der Waals surface area contributed by atoms with E-state index < -0.39 is 17.8 Å². The van der Waals surface area contributed by atoms with Gasteiger partial charge in [0.1, 0.15) is 17.9 Å². The fraction of sp³-hybridized carbons (Fsp3) is 0.433. The van der Waals surface area contributed by atoms with Crippen LogP contribution in [0.1, 0.15) is 37.0 Å². The molecule has 2 aliphatic rings. The van der Waals surface area contributed by atoms with E-state index in [0.29, 0.717) is 54.3 Å². The molecule has 3 heterocycles. The summed E-state index contributed by atoms with van der Waals surface area (Å²) in [6.07, 6.45) is -1.69. The first-order chi connectivity index (χ1) is 20.1. The molecule has 0 unspecified atom stereocenters. The van der Waals surface area contributed by atoms with Crippen molar-refractivity contribution in [1.29, 1.82) is 0 Å². The zero-order chi connectivity index (χ0) is 29.9. The molecule has 9 nitrogen and oxygen atoms in total. The minimum absolute atomic E-state index is 0.127. The molecule has 2 amide bonds. The highest BCUT2D eigenvalue weighted by Gasteiger charge is 2.32. The predicted octanol–water partition coefficient (Wildman–Crippen LogP) is 5.84. The minimum atomic E-state index is -4.53. The summed E-state index contributed by atoms with van der Waals surface area (Å²) < 4.78 is 47.4. The van der Waals surface area contributed by atoms with Crippen LogP contribution in [0.5, 0.6) is 11.6 Å². The van der Waals surface area contributed by atoms with Gasteiger partial charge in [0, 0.05) is 69.8 Å². The van der Waals surface area contributed by atoms with E-state index >= 15 is 0 Å². The summed E-state index contributed by atoms with van der Waals surface area (Å²) in [5.74, 6) is 1.56. The third-order valence-electron chi connectivity index (χ3n) is 7.65. The molecule has 3 aromatic rings.